The SMILES string of the molecule is COc1cccc(F)c1C(NN)c1cc(C)ccc1C. The van der Waals surface area contributed by atoms with Crippen LogP contribution in [0.5, 0.6) is 5.75 Å². The van der Waals surface area contributed by atoms with Crippen molar-refractivity contribution < 1.29 is 9.13 Å². The summed E-state index contributed by atoms with van der Waals surface area (Å²) >= 11 is 0. The number of aryl methyl sites for hydroxylation is 2. The van der Waals surface area contributed by atoms with Crippen LogP contribution < -0.4 is 16.0 Å². The molecule has 2 aromatic rings. The zero-order valence-corrected chi connectivity index (χ0v) is 11.9. The molecule has 0 heterocycles. The second-order valence-electron chi connectivity index (χ2n) is 4.82. The maximum Gasteiger partial charge on any atom is 0.132 e. The van der Waals surface area contributed by atoms with E-state index in [4.69, 9.17) is 10.6 Å². The lowest BCUT2D eigenvalue weighted by Gasteiger charge is -2.22. The third-order valence-electron chi connectivity index (χ3n) is 3.43. The van der Waals surface area contributed by atoms with E-state index in [9.17, 15) is 4.39 Å². The maximum atomic E-state index is 14.2. The van der Waals surface area contributed by atoms with Gasteiger partial charge in [0.2, 0.25) is 0 Å². The topological polar surface area (TPSA) is 47.3 Å². The molecule has 0 aliphatic carbocycles. The predicted octanol–water partition coefficient (Wildman–Crippen LogP) is 3.00. The molecule has 106 valence electrons. The van der Waals surface area contributed by atoms with Crippen LogP contribution in [-0.2, 0) is 0 Å². The van der Waals surface area contributed by atoms with E-state index in [2.05, 4.69) is 5.43 Å². The van der Waals surface area contributed by atoms with E-state index in [-0.39, 0.29) is 5.82 Å². The van der Waals surface area contributed by atoms with Crippen molar-refractivity contribution in [2.45, 2.75) is 19.9 Å². The molecule has 1 atom stereocenters. The van der Waals surface area contributed by atoms with Crippen LogP contribution >= 0.6 is 0 Å². The molecular formula is C16H19FN2O. The van der Waals surface area contributed by atoms with Crippen LogP contribution in [0.25, 0.3) is 0 Å². The number of benzene rings is 2. The van der Waals surface area contributed by atoms with Crippen molar-refractivity contribution in [1.82, 2.24) is 5.43 Å². The highest BCUT2D eigenvalue weighted by atomic mass is 19.1. The van der Waals surface area contributed by atoms with Crippen LogP contribution in [0.4, 0.5) is 4.39 Å². The quantitative estimate of drug-likeness (QED) is 0.665. The molecule has 4 heteroatoms. The number of hydrogen-bond acceptors (Lipinski definition) is 3. The number of ether oxygens (including phenoxy) is 1. The Morgan fingerprint density at radius 2 is 1.95 bits per heavy atom. The van der Waals surface area contributed by atoms with Gasteiger partial charge in [-0.15, -0.1) is 0 Å². The van der Waals surface area contributed by atoms with Gasteiger partial charge in [0.15, 0.2) is 0 Å². The van der Waals surface area contributed by atoms with Crippen molar-refractivity contribution >= 4 is 0 Å². The van der Waals surface area contributed by atoms with E-state index in [1.54, 1.807) is 12.1 Å². The van der Waals surface area contributed by atoms with Crippen LogP contribution in [0.1, 0.15) is 28.3 Å². The first-order chi connectivity index (χ1) is 9.58. The number of rotatable bonds is 4. The lowest BCUT2D eigenvalue weighted by molar-refractivity contribution is 0.397. The smallest absolute Gasteiger partial charge is 0.132 e. The van der Waals surface area contributed by atoms with Gasteiger partial charge in [-0.2, -0.15) is 0 Å². The molecule has 0 aliphatic rings. The van der Waals surface area contributed by atoms with Crippen molar-refractivity contribution in [3.8, 4) is 5.75 Å². The predicted molar refractivity (Wildman–Crippen MR) is 78.0 cm³/mol. The number of nitrogens with one attached hydrogen (secondary N) is 1. The highest BCUT2D eigenvalue weighted by Crippen LogP contribution is 2.33. The van der Waals surface area contributed by atoms with Crippen LogP contribution in [0.2, 0.25) is 0 Å². The van der Waals surface area contributed by atoms with Crippen molar-refractivity contribution in [2.24, 2.45) is 5.84 Å². The number of hydrazine groups is 1. The minimum atomic E-state index is -0.453. The molecule has 0 amide bonds. The molecule has 1 unspecified atom stereocenters. The van der Waals surface area contributed by atoms with Crippen LogP contribution in [0.15, 0.2) is 36.4 Å². The number of hydrogen-bond donors (Lipinski definition) is 2. The molecule has 0 radical (unpaired) electrons. The van der Waals surface area contributed by atoms with Crippen LogP contribution in [0, 0.1) is 19.7 Å². The normalized spacial score (nSPS) is 12.2. The molecule has 0 saturated heterocycles. The Morgan fingerprint density at radius 1 is 1.20 bits per heavy atom. The highest BCUT2D eigenvalue weighted by Gasteiger charge is 2.22. The van der Waals surface area contributed by atoms with Gasteiger partial charge in [0, 0.05) is 0 Å². The molecule has 0 fully saturated rings. The van der Waals surface area contributed by atoms with Gasteiger partial charge in [0.05, 0.1) is 18.7 Å². The largest absolute Gasteiger partial charge is 0.496 e. The summed E-state index contributed by atoms with van der Waals surface area (Å²) in [7, 11) is 1.52. The molecular weight excluding hydrogens is 255 g/mol. The second kappa shape index (κ2) is 6.03. The zero-order chi connectivity index (χ0) is 14.7. The minimum Gasteiger partial charge on any atom is -0.496 e. The average molecular weight is 274 g/mol. The highest BCUT2D eigenvalue weighted by molar-refractivity contribution is 5.45. The van der Waals surface area contributed by atoms with Gasteiger partial charge >= 0.3 is 0 Å². The van der Waals surface area contributed by atoms with Gasteiger partial charge in [-0.1, -0.05) is 29.8 Å². The first kappa shape index (κ1) is 14.5. The van der Waals surface area contributed by atoms with Crippen molar-refractivity contribution in [2.75, 3.05) is 7.11 Å². The maximum absolute atomic E-state index is 14.2. The summed E-state index contributed by atoms with van der Waals surface area (Å²) in [4.78, 5) is 0. The third kappa shape index (κ3) is 2.66. The minimum absolute atomic E-state index is 0.340. The summed E-state index contributed by atoms with van der Waals surface area (Å²) in [6, 6.07) is 10.3. The van der Waals surface area contributed by atoms with Crippen LogP contribution in [-0.4, -0.2) is 7.11 Å². The molecule has 3 N–H and O–H groups in total. The van der Waals surface area contributed by atoms with Gasteiger partial charge < -0.3 is 4.74 Å². The lowest BCUT2D eigenvalue weighted by Crippen LogP contribution is -2.30. The van der Waals surface area contributed by atoms with Gasteiger partial charge in [-0.25, -0.2) is 9.82 Å². The van der Waals surface area contributed by atoms with E-state index in [0.717, 1.165) is 16.7 Å². The molecule has 0 spiro atoms. The first-order valence-electron chi connectivity index (χ1n) is 6.44. The van der Waals surface area contributed by atoms with E-state index in [0.29, 0.717) is 11.3 Å². The van der Waals surface area contributed by atoms with Crippen molar-refractivity contribution in [1.29, 1.82) is 0 Å². The standard InChI is InChI=1S/C16H19FN2O/c1-10-7-8-11(2)12(9-10)16(19-18)15-13(17)5-4-6-14(15)20-3/h4-9,16,19H,18H2,1-3H3. The van der Waals surface area contributed by atoms with Gasteiger partial charge in [-0.05, 0) is 37.1 Å². The summed E-state index contributed by atoms with van der Waals surface area (Å²) in [6.45, 7) is 3.97. The first-order valence-corrected chi connectivity index (χ1v) is 6.44. The Kier molecular flexibility index (Phi) is 4.37. The molecule has 0 bridgehead atoms. The Labute approximate surface area is 118 Å². The van der Waals surface area contributed by atoms with Gasteiger partial charge in [-0.3, -0.25) is 5.84 Å². The van der Waals surface area contributed by atoms with Crippen LogP contribution in [0.3, 0.4) is 0 Å². The molecule has 2 rings (SSSR count). The fraction of sp³-hybridized carbons (Fsp3) is 0.250. The fourth-order valence-corrected chi connectivity index (χ4v) is 2.37. The number of halogens is 1. The monoisotopic (exact) mass is 274 g/mol. The van der Waals surface area contributed by atoms with Crippen molar-refractivity contribution in [3.63, 3.8) is 0 Å². The molecule has 2 aromatic carbocycles. The zero-order valence-electron chi connectivity index (χ0n) is 11.9. The fourth-order valence-electron chi connectivity index (χ4n) is 2.37. The molecule has 0 saturated carbocycles. The second-order valence-corrected chi connectivity index (χ2v) is 4.82. The van der Waals surface area contributed by atoms with Crippen molar-refractivity contribution in [3.05, 3.63) is 64.5 Å². The van der Waals surface area contributed by atoms with E-state index < -0.39 is 6.04 Å². The Balaban J connectivity index is 2.61. The summed E-state index contributed by atoms with van der Waals surface area (Å²) in [6.07, 6.45) is 0. The average Bonchev–Trinajstić information content (AvgIpc) is 2.44. The molecule has 3 nitrogen and oxygen atoms in total. The van der Waals surface area contributed by atoms with Gasteiger partial charge in [0.1, 0.15) is 11.6 Å². The van der Waals surface area contributed by atoms with Gasteiger partial charge in [0.25, 0.3) is 0 Å². The third-order valence-corrected chi connectivity index (χ3v) is 3.43. The number of nitrogens with two attached hydrogens (primary N) is 1. The summed E-state index contributed by atoms with van der Waals surface area (Å²) in [5.74, 6) is 5.82. The lowest BCUT2D eigenvalue weighted by atomic mass is 9.93. The number of methoxy groups -OCH3 is 1. The van der Waals surface area contributed by atoms with E-state index in [1.807, 2.05) is 32.0 Å². The summed E-state index contributed by atoms with van der Waals surface area (Å²) in [5, 5.41) is 0. The summed E-state index contributed by atoms with van der Waals surface area (Å²) < 4.78 is 19.5. The molecule has 0 aromatic heterocycles. The van der Waals surface area contributed by atoms with E-state index in [1.165, 1.54) is 13.2 Å². The van der Waals surface area contributed by atoms with E-state index >= 15 is 0 Å². The summed E-state index contributed by atoms with van der Waals surface area (Å²) in [5.41, 5.74) is 6.20. The molecule has 20 heavy (non-hydrogen) atoms. The Hall–Kier alpha value is -1.91. The molecule has 0 aliphatic heterocycles. The Morgan fingerprint density at radius 3 is 2.60 bits per heavy atom. The Bertz CT molecular complexity index is 613.